The Kier molecular flexibility index (Phi) is 6.34. The molecule has 0 unspecified atom stereocenters. The molecule has 56 heavy (non-hydrogen) atoms. The molecule has 0 saturated carbocycles. The Hall–Kier alpha value is -7.12. The van der Waals surface area contributed by atoms with Gasteiger partial charge in [0, 0.05) is 79.3 Å². The van der Waals surface area contributed by atoms with Gasteiger partial charge in [-0.3, -0.25) is 0 Å². The van der Waals surface area contributed by atoms with Crippen LogP contribution in [0.4, 0.5) is 22.0 Å². The predicted molar refractivity (Wildman–Crippen MR) is 213 cm³/mol. The van der Waals surface area contributed by atoms with E-state index in [4.69, 9.17) is 0 Å². The van der Waals surface area contributed by atoms with E-state index >= 15 is 22.0 Å². The third kappa shape index (κ3) is 4.01. The molecule has 5 nitrogen and oxygen atoms in total. The monoisotopic (exact) mass is 743 g/mol. The summed E-state index contributed by atoms with van der Waals surface area (Å²) in [6.45, 7) is 0. The smallest absolute Gasteiger partial charge is 0.344 e. The van der Waals surface area contributed by atoms with Gasteiger partial charge in [-0.1, -0.05) is 72.8 Å². The fraction of sp³-hybridized carbons (Fsp3) is 0.0652. The Morgan fingerprint density at radius 2 is 0.804 bits per heavy atom. The van der Waals surface area contributed by atoms with Crippen LogP contribution >= 0.6 is 0 Å². The van der Waals surface area contributed by atoms with E-state index in [1.807, 2.05) is 108 Å². The minimum atomic E-state index is -5.39. The first-order valence-electron chi connectivity index (χ1n) is 17.9. The first-order chi connectivity index (χ1) is 27.1. The van der Waals surface area contributed by atoms with E-state index in [1.165, 1.54) is 9.13 Å². The van der Waals surface area contributed by atoms with Crippen molar-refractivity contribution in [1.82, 2.24) is 18.3 Å². The van der Waals surface area contributed by atoms with Gasteiger partial charge in [0.25, 0.3) is 0 Å². The normalized spacial score (nSPS) is 12.5. The van der Waals surface area contributed by atoms with Gasteiger partial charge in [-0.05, 0) is 48.5 Å². The molecule has 7 aromatic carbocycles. The highest BCUT2D eigenvalue weighted by atomic mass is 19.4. The topological polar surface area (TPSA) is 43.5 Å². The van der Waals surface area contributed by atoms with Gasteiger partial charge in [0.1, 0.15) is 22.9 Å². The fourth-order valence-corrected chi connectivity index (χ4v) is 9.19. The van der Waals surface area contributed by atoms with E-state index in [2.05, 4.69) is 0 Å². The molecule has 4 aromatic heterocycles. The number of aromatic nitrogens is 4. The van der Waals surface area contributed by atoms with Gasteiger partial charge in [-0.2, -0.15) is 18.4 Å². The van der Waals surface area contributed by atoms with Crippen LogP contribution < -0.4 is 0 Å². The van der Waals surface area contributed by atoms with Crippen molar-refractivity contribution in [2.24, 2.45) is 14.1 Å². The van der Waals surface area contributed by atoms with Crippen LogP contribution in [0.25, 0.3) is 98.6 Å². The summed E-state index contributed by atoms with van der Waals surface area (Å²) < 4.78 is 86.8. The molecule has 4 heterocycles. The molecule has 11 rings (SSSR count). The first kappa shape index (κ1) is 32.3. The molecule has 270 valence electrons. The van der Waals surface area contributed by atoms with Crippen LogP contribution in [0.5, 0.6) is 0 Å². The molecule has 0 aliphatic carbocycles. The molecule has 0 amide bonds. The molecule has 0 saturated heterocycles. The van der Waals surface area contributed by atoms with Crippen molar-refractivity contribution in [3.05, 3.63) is 144 Å². The second kappa shape index (κ2) is 11.0. The summed E-state index contributed by atoms with van der Waals surface area (Å²) in [5, 5.41) is 17.0. The molecule has 0 spiro atoms. The van der Waals surface area contributed by atoms with Gasteiger partial charge in [0.05, 0.1) is 27.8 Å². The summed E-state index contributed by atoms with van der Waals surface area (Å²) >= 11 is 0. The summed E-state index contributed by atoms with van der Waals surface area (Å²) in [5.41, 5.74) is 1.14. The van der Waals surface area contributed by atoms with Crippen LogP contribution in [0, 0.1) is 23.0 Å². The lowest BCUT2D eigenvalue weighted by Gasteiger charge is -2.22. The number of benzene rings is 7. The lowest BCUT2D eigenvalue weighted by atomic mass is 10.0. The third-order valence-corrected chi connectivity index (χ3v) is 11.6. The Labute approximate surface area is 313 Å². The van der Waals surface area contributed by atoms with Gasteiger partial charge >= 0.3 is 6.18 Å². The van der Waals surface area contributed by atoms with Crippen molar-refractivity contribution < 1.29 is 22.0 Å². The largest absolute Gasteiger partial charge is 0.421 e. The Balaban J connectivity index is 1.35. The molecular weight excluding hydrogens is 718 g/mol. The summed E-state index contributed by atoms with van der Waals surface area (Å²) in [6, 6.07) is 38.9. The van der Waals surface area contributed by atoms with Crippen LogP contribution in [0.1, 0.15) is 11.1 Å². The molecule has 0 atom stereocenters. The maximum absolute atomic E-state index is 17.0. The van der Waals surface area contributed by atoms with Crippen LogP contribution in [0.3, 0.4) is 0 Å². The van der Waals surface area contributed by atoms with Crippen LogP contribution in [0.15, 0.2) is 121 Å². The third-order valence-electron chi connectivity index (χ3n) is 11.6. The minimum absolute atomic E-state index is 0.306. The van der Waals surface area contributed by atoms with Gasteiger partial charge in [0.2, 0.25) is 0 Å². The lowest BCUT2D eigenvalue weighted by molar-refractivity contribution is -0.140. The number of halogens is 5. The molecule has 0 aliphatic heterocycles. The lowest BCUT2D eigenvalue weighted by Crippen LogP contribution is -2.19. The van der Waals surface area contributed by atoms with Crippen molar-refractivity contribution in [3.63, 3.8) is 0 Å². The van der Waals surface area contributed by atoms with E-state index in [1.54, 1.807) is 42.5 Å². The van der Waals surface area contributed by atoms with Crippen molar-refractivity contribution >= 4 is 87.2 Å². The fourth-order valence-electron chi connectivity index (χ4n) is 9.19. The van der Waals surface area contributed by atoms with Gasteiger partial charge < -0.3 is 18.3 Å². The maximum atomic E-state index is 17.0. The van der Waals surface area contributed by atoms with E-state index in [0.717, 1.165) is 43.6 Å². The number of rotatable bonds is 2. The number of hydrogen-bond acceptors (Lipinski definition) is 1. The highest BCUT2D eigenvalue weighted by Gasteiger charge is 2.43. The number of hydrogen-bond donors (Lipinski definition) is 0. The van der Waals surface area contributed by atoms with E-state index < -0.39 is 40.3 Å². The average Bonchev–Trinajstić information content (AvgIpc) is 3.88. The highest BCUT2D eigenvalue weighted by molar-refractivity contribution is 6.20. The van der Waals surface area contributed by atoms with E-state index in [-0.39, 0.29) is 0 Å². The number of nitrogens with zero attached hydrogens (tertiary/aromatic N) is 5. The van der Waals surface area contributed by atoms with Crippen molar-refractivity contribution in [3.8, 4) is 17.4 Å². The van der Waals surface area contributed by atoms with Crippen LogP contribution in [0.2, 0.25) is 0 Å². The van der Waals surface area contributed by atoms with Gasteiger partial charge in [-0.25, -0.2) is 8.78 Å². The molecular formula is C46H26F5N5. The van der Waals surface area contributed by atoms with Crippen molar-refractivity contribution in [2.45, 2.75) is 6.18 Å². The highest BCUT2D eigenvalue weighted by Crippen LogP contribution is 2.47. The van der Waals surface area contributed by atoms with Crippen LogP contribution in [-0.2, 0) is 20.3 Å². The number of nitriles is 1. The Bertz CT molecular complexity index is 3590. The van der Waals surface area contributed by atoms with Gasteiger partial charge in [-0.15, -0.1) is 0 Å². The van der Waals surface area contributed by atoms with Crippen molar-refractivity contribution in [1.29, 1.82) is 5.26 Å². The van der Waals surface area contributed by atoms with E-state index in [9.17, 15) is 5.26 Å². The summed E-state index contributed by atoms with van der Waals surface area (Å²) in [4.78, 5) is 0. The number of alkyl halides is 3. The minimum Gasteiger partial charge on any atom is -0.344 e. The summed E-state index contributed by atoms with van der Waals surface area (Å²) in [5.74, 6) is -3.86. The molecule has 0 fully saturated rings. The summed E-state index contributed by atoms with van der Waals surface area (Å²) in [7, 11) is 3.86. The van der Waals surface area contributed by atoms with Crippen LogP contribution in [-0.4, -0.2) is 18.3 Å². The molecule has 0 radical (unpaired) electrons. The zero-order chi connectivity index (χ0) is 38.4. The number of fused-ring (bicyclic) bond motifs is 12. The van der Waals surface area contributed by atoms with Gasteiger partial charge in [0.15, 0.2) is 11.6 Å². The molecule has 0 aliphatic rings. The number of para-hydroxylation sites is 4. The number of aryl methyl sites for hydroxylation is 2. The molecule has 10 heteroatoms. The zero-order valence-electron chi connectivity index (χ0n) is 29.7. The SMILES string of the molecule is Cn1c2ccccc2c2cc3c(cc21)c1ccccc1n3-c1c(F)c(F)c(C(F)(F)F)c(-n2c3ccccc3c3cc4c(cc32)c2ccccc2n4C)c1C#N. The standard InChI is InChI=1S/C46H26F5N5/c1-53-33-15-7-3-11-24(33)28-21-39-30(19-37(28)53)26-13-5-9-17-35(26)55(39)44-32(23-52)45(43(48)42(47)41(44)46(49,50)51)56-36-18-10-6-14-27(36)31-20-38-29(22-40(31)56)25-12-4-8-16-34(25)54(38)2/h3-22H,1-2H3. The second-order valence-electron chi connectivity index (χ2n) is 14.3. The zero-order valence-corrected chi connectivity index (χ0v) is 29.7. The quantitative estimate of drug-likeness (QED) is 0.163. The predicted octanol–water partition coefficient (Wildman–Crippen LogP) is 12.3. The van der Waals surface area contributed by atoms with Crippen molar-refractivity contribution in [2.75, 3.05) is 0 Å². The second-order valence-corrected chi connectivity index (χ2v) is 14.3. The Morgan fingerprint density at radius 3 is 1.23 bits per heavy atom. The van der Waals surface area contributed by atoms with E-state index in [0.29, 0.717) is 43.6 Å². The summed E-state index contributed by atoms with van der Waals surface area (Å²) in [6.07, 6.45) is -5.39. The maximum Gasteiger partial charge on any atom is 0.421 e. The Morgan fingerprint density at radius 1 is 0.446 bits per heavy atom. The molecule has 0 N–H and O–H groups in total. The molecule has 11 aromatic rings. The molecule has 0 bridgehead atoms. The first-order valence-corrected chi connectivity index (χ1v) is 17.9. The average molecular weight is 744 g/mol.